The molecule has 0 aromatic heterocycles. The van der Waals surface area contributed by atoms with Gasteiger partial charge in [0.1, 0.15) is 0 Å². The number of hydrogen-bond donors (Lipinski definition) is 1. The molecule has 0 atom stereocenters. The Morgan fingerprint density at radius 1 is 0.971 bits per heavy atom. The van der Waals surface area contributed by atoms with Crippen molar-refractivity contribution in [2.75, 3.05) is 25.0 Å². The predicted molar refractivity (Wildman–Crippen MR) is 111 cm³/mol. The van der Waals surface area contributed by atoms with Crippen LogP contribution in [0.5, 0.6) is 0 Å². The molecule has 0 unspecified atom stereocenters. The fourth-order valence-electron chi connectivity index (χ4n) is 3.88. The van der Waals surface area contributed by atoms with Crippen LogP contribution < -0.4 is 4.90 Å². The highest BCUT2D eigenvalue weighted by atomic mass is 19.4. The molecule has 1 saturated heterocycles. The van der Waals surface area contributed by atoms with Crippen molar-refractivity contribution in [1.29, 1.82) is 0 Å². The van der Waals surface area contributed by atoms with Gasteiger partial charge in [0.25, 0.3) is 5.91 Å². The van der Waals surface area contributed by atoms with Crippen molar-refractivity contribution in [3.05, 3.63) is 64.7 Å². The van der Waals surface area contributed by atoms with Crippen LogP contribution >= 0.6 is 0 Å². The minimum Gasteiger partial charge on any atom is -0.481 e. The summed E-state index contributed by atoms with van der Waals surface area (Å²) >= 11 is 0. The van der Waals surface area contributed by atoms with Crippen LogP contribution in [0.2, 0.25) is 0 Å². The highest BCUT2D eigenvalue weighted by molar-refractivity contribution is 5.94. The Labute approximate surface area is 191 Å². The number of carboxylic acid groups (broad SMARTS) is 1. The van der Waals surface area contributed by atoms with E-state index in [1.165, 1.54) is 7.05 Å². The van der Waals surface area contributed by atoms with Gasteiger partial charge in [-0.1, -0.05) is 12.1 Å². The van der Waals surface area contributed by atoms with Crippen LogP contribution in [0.1, 0.15) is 39.9 Å². The maximum atomic E-state index is 13.1. The van der Waals surface area contributed by atoms with Crippen molar-refractivity contribution in [2.24, 2.45) is 5.92 Å². The summed E-state index contributed by atoms with van der Waals surface area (Å²) in [5, 5.41) is 9.13. The van der Waals surface area contributed by atoms with Gasteiger partial charge in [-0.15, -0.1) is 0 Å². The molecular weight excluding hydrogens is 466 g/mol. The van der Waals surface area contributed by atoms with Crippen molar-refractivity contribution in [1.82, 2.24) is 4.90 Å². The van der Waals surface area contributed by atoms with Crippen LogP contribution in [0.25, 0.3) is 0 Å². The van der Waals surface area contributed by atoms with Crippen LogP contribution in [-0.2, 0) is 23.7 Å². The number of carbonyl (C=O) groups excluding carboxylic acids is 1. The Balaban J connectivity index is 1.78. The van der Waals surface area contributed by atoms with Crippen LogP contribution in [-0.4, -0.2) is 42.0 Å². The molecule has 1 amide bonds. The molecule has 2 aromatic rings. The SMILES string of the molecule is CN(Cc1cccc(N2CCC(C(=O)O)CC2)c1)C(=O)c1cc(C(F)(F)F)cc(C(F)(F)F)c1. The lowest BCUT2D eigenvalue weighted by Gasteiger charge is -2.32. The second-order valence-corrected chi connectivity index (χ2v) is 8.23. The van der Waals surface area contributed by atoms with Crippen molar-refractivity contribution < 1.29 is 41.0 Å². The molecule has 0 saturated carbocycles. The molecule has 184 valence electrons. The predicted octanol–water partition coefficient (Wildman–Crippen LogP) is 5.30. The van der Waals surface area contributed by atoms with Gasteiger partial charge in [-0.05, 0) is 48.7 Å². The largest absolute Gasteiger partial charge is 0.481 e. The number of aliphatic carboxylic acids is 1. The molecule has 1 heterocycles. The topological polar surface area (TPSA) is 60.9 Å². The number of benzene rings is 2. The number of alkyl halides is 6. The van der Waals surface area contributed by atoms with E-state index in [1.807, 2.05) is 11.0 Å². The number of hydrogen-bond acceptors (Lipinski definition) is 3. The van der Waals surface area contributed by atoms with E-state index in [0.29, 0.717) is 43.6 Å². The highest BCUT2D eigenvalue weighted by Gasteiger charge is 2.37. The molecule has 1 N–H and O–H groups in total. The summed E-state index contributed by atoms with van der Waals surface area (Å²) in [5.74, 6) is -2.22. The molecule has 0 aliphatic carbocycles. The normalized spacial score (nSPS) is 15.3. The Morgan fingerprint density at radius 2 is 1.53 bits per heavy atom. The number of nitrogens with zero attached hydrogens (tertiary/aromatic N) is 2. The van der Waals surface area contributed by atoms with Gasteiger partial charge in [-0.3, -0.25) is 9.59 Å². The second kappa shape index (κ2) is 9.55. The average Bonchev–Trinajstić information content (AvgIpc) is 2.77. The number of piperidine rings is 1. The van der Waals surface area contributed by atoms with E-state index in [-0.39, 0.29) is 12.6 Å². The number of anilines is 1. The van der Waals surface area contributed by atoms with E-state index in [0.717, 1.165) is 10.6 Å². The third kappa shape index (κ3) is 6.00. The highest BCUT2D eigenvalue weighted by Crippen LogP contribution is 2.36. The number of rotatable bonds is 5. The van der Waals surface area contributed by atoms with E-state index in [1.54, 1.807) is 18.2 Å². The zero-order valence-corrected chi connectivity index (χ0v) is 18.1. The monoisotopic (exact) mass is 488 g/mol. The minimum atomic E-state index is -5.04. The average molecular weight is 488 g/mol. The fourth-order valence-corrected chi connectivity index (χ4v) is 3.88. The Morgan fingerprint density at radius 3 is 2.03 bits per heavy atom. The smallest absolute Gasteiger partial charge is 0.416 e. The first kappa shape index (κ1) is 25.4. The van der Waals surface area contributed by atoms with E-state index < -0.39 is 46.8 Å². The van der Waals surface area contributed by atoms with Crippen molar-refractivity contribution in [3.63, 3.8) is 0 Å². The van der Waals surface area contributed by atoms with E-state index in [2.05, 4.69) is 0 Å². The van der Waals surface area contributed by atoms with Crippen LogP contribution in [0.3, 0.4) is 0 Å². The van der Waals surface area contributed by atoms with Crippen LogP contribution in [0.15, 0.2) is 42.5 Å². The van der Waals surface area contributed by atoms with Crippen molar-refractivity contribution in [2.45, 2.75) is 31.7 Å². The molecule has 5 nitrogen and oxygen atoms in total. The van der Waals surface area contributed by atoms with E-state index >= 15 is 0 Å². The molecule has 0 spiro atoms. The van der Waals surface area contributed by atoms with Crippen molar-refractivity contribution in [3.8, 4) is 0 Å². The Kier molecular flexibility index (Phi) is 7.13. The molecule has 34 heavy (non-hydrogen) atoms. The first-order chi connectivity index (χ1) is 15.8. The van der Waals surface area contributed by atoms with Gasteiger partial charge >= 0.3 is 18.3 Å². The summed E-state index contributed by atoms with van der Waals surface area (Å²) in [7, 11) is 1.29. The third-order valence-electron chi connectivity index (χ3n) is 5.72. The van der Waals surface area contributed by atoms with Gasteiger partial charge in [0.15, 0.2) is 0 Å². The molecule has 3 rings (SSSR count). The lowest BCUT2D eigenvalue weighted by Crippen LogP contribution is -2.36. The third-order valence-corrected chi connectivity index (χ3v) is 5.72. The number of carbonyl (C=O) groups is 2. The zero-order valence-electron chi connectivity index (χ0n) is 18.1. The summed E-state index contributed by atoms with van der Waals surface area (Å²) < 4.78 is 78.6. The van der Waals surface area contributed by atoms with E-state index in [9.17, 15) is 35.9 Å². The zero-order chi connectivity index (χ0) is 25.3. The summed E-state index contributed by atoms with van der Waals surface area (Å²) in [6, 6.07) is 7.79. The summed E-state index contributed by atoms with van der Waals surface area (Å²) in [6.07, 6.45) is -9.13. The number of amides is 1. The quantitative estimate of drug-likeness (QED) is 0.581. The summed E-state index contributed by atoms with van der Waals surface area (Å²) in [5.41, 5.74) is -2.40. The minimum absolute atomic E-state index is 0.0201. The van der Waals surface area contributed by atoms with Crippen LogP contribution in [0, 0.1) is 5.92 Å². The fraction of sp³-hybridized carbons (Fsp3) is 0.391. The molecule has 0 radical (unpaired) electrons. The van der Waals surface area contributed by atoms with Gasteiger partial charge in [0.05, 0.1) is 17.0 Å². The summed E-state index contributed by atoms with van der Waals surface area (Å²) in [4.78, 5) is 26.9. The van der Waals surface area contributed by atoms with Gasteiger partial charge in [-0.2, -0.15) is 26.3 Å². The Bertz CT molecular complexity index is 1030. The summed E-state index contributed by atoms with van der Waals surface area (Å²) in [6.45, 7) is 1.01. The molecule has 11 heteroatoms. The van der Waals surface area contributed by atoms with Gasteiger partial charge < -0.3 is 14.9 Å². The Hall–Kier alpha value is -3.24. The molecule has 1 aliphatic rings. The molecular formula is C23H22F6N2O3. The molecule has 0 bridgehead atoms. The van der Waals surface area contributed by atoms with Gasteiger partial charge in [-0.25, -0.2) is 0 Å². The van der Waals surface area contributed by atoms with Crippen LogP contribution in [0.4, 0.5) is 32.0 Å². The lowest BCUT2D eigenvalue weighted by atomic mass is 9.96. The molecule has 2 aromatic carbocycles. The maximum absolute atomic E-state index is 13.1. The number of halogens is 6. The van der Waals surface area contributed by atoms with Crippen molar-refractivity contribution >= 4 is 17.6 Å². The maximum Gasteiger partial charge on any atom is 0.416 e. The second-order valence-electron chi connectivity index (χ2n) is 8.23. The first-order valence-electron chi connectivity index (χ1n) is 10.4. The number of carboxylic acids is 1. The lowest BCUT2D eigenvalue weighted by molar-refractivity contribution is -0.144. The standard InChI is InChI=1S/C23H22F6N2O3/c1-30(20(32)16-10-17(22(24,25)26)12-18(11-16)23(27,28)29)13-14-3-2-4-19(9-14)31-7-5-15(6-8-31)21(33)34/h2-4,9-12,15H,5-8,13H2,1H3,(H,33,34). The van der Waals surface area contributed by atoms with Gasteiger partial charge in [0.2, 0.25) is 0 Å². The molecule has 1 aliphatic heterocycles. The van der Waals surface area contributed by atoms with E-state index in [4.69, 9.17) is 5.11 Å². The first-order valence-corrected chi connectivity index (χ1v) is 10.4. The molecule has 1 fully saturated rings. The van der Waals surface area contributed by atoms with Gasteiger partial charge in [0, 0.05) is 37.9 Å².